The smallest absolute Gasteiger partial charge is 0.253 e. The summed E-state index contributed by atoms with van der Waals surface area (Å²) in [6, 6.07) is 17.9. The van der Waals surface area contributed by atoms with Gasteiger partial charge in [0.1, 0.15) is 11.5 Å². The molecule has 0 aliphatic rings. The number of aromatic nitrogens is 2. The summed E-state index contributed by atoms with van der Waals surface area (Å²) in [5, 5.41) is 7.03. The number of anilines is 1. The van der Waals surface area contributed by atoms with Gasteiger partial charge in [0.25, 0.3) is 5.91 Å². The molecule has 0 fully saturated rings. The number of fused-ring (bicyclic) bond motifs is 1. The van der Waals surface area contributed by atoms with E-state index >= 15 is 0 Å². The Bertz CT molecular complexity index is 1190. The lowest BCUT2D eigenvalue weighted by Crippen LogP contribution is -2.33. The Balaban J connectivity index is 1.37. The fourth-order valence-corrected chi connectivity index (χ4v) is 2.94. The van der Waals surface area contributed by atoms with Crippen LogP contribution in [-0.4, -0.2) is 28.3 Å². The van der Waals surface area contributed by atoms with Gasteiger partial charge in [-0.1, -0.05) is 30.3 Å². The van der Waals surface area contributed by atoms with Gasteiger partial charge in [-0.2, -0.15) is 0 Å². The Morgan fingerprint density at radius 2 is 1.70 bits per heavy atom. The first kappa shape index (κ1) is 19.1. The van der Waals surface area contributed by atoms with Crippen LogP contribution in [0.3, 0.4) is 0 Å². The zero-order valence-corrected chi connectivity index (χ0v) is 15.9. The quantitative estimate of drug-likeness (QED) is 0.515. The highest BCUT2D eigenvalue weighted by atomic mass is 16.5. The number of amides is 2. The SMILES string of the molecule is O=C(CNC(=O)c1cncc2ccccc12)Nc1cccc(Oc2ccncc2)c1. The molecule has 0 unspecified atom stereocenters. The van der Waals surface area contributed by atoms with Crippen molar-refractivity contribution >= 4 is 28.3 Å². The van der Waals surface area contributed by atoms with Crippen molar-refractivity contribution in [3.05, 3.63) is 91.0 Å². The average molecular weight is 398 g/mol. The molecule has 2 aromatic heterocycles. The molecule has 2 amide bonds. The molecule has 0 aliphatic carbocycles. The molecule has 0 radical (unpaired) electrons. The van der Waals surface area contributed by atoms with E-state index in [4.69, 9.17) is 4.74 Å². The normalized spacial score (nSPS) is 10.4. The average Bonchev–Trinajstić information content (AvgIpc) is 2.78. The van der Waals surface area contributed by atoms with Gasteiger partial charge in [-0.15, -0.1) is 0 Å². The third kappa shape index (κ3) is 4.59. The molecule has 7 heteroatoms. The van der Waals surface area contributed by atoms with Crippen molar-refractivity contribution in [3.8, 4) is 11.5 Å². The van der Waals surface area contributed by atoms with Crippen LogP contribution in [0.15, 0.2) is 85.5 Å². The summed E-state index contributed by atoms with van der Waals surface area (Å²) in [6.07, 6.45) is 6.46. The van der Waals surface area contributed by atoms with Gasteiger partial charge in [0.05, 0.1) is 12.1 Å². The molecule has 4 aromatic rings. The number of pyridine rings is 2. The fraction of sp³-hybridized carbons (Fsp3) is 0.0435. The molecule has 2 N–H and O–H groups in total. The van der Waals surface area contributed by atoms with E-state index in [1.54, 1.807) is 55.0 Å². The van der Waals surface area contributed by atoms with Gasteiger partial charge in [-0.25, -0.2) is 0 Å². The van der Waals surface area contributed by atoms with E-state index in [0.29, 0.717) is 22.7 Å². The highest BCUT2D eigenvalue weighted by Crippen LogP contribution is 2.23. The van der Waals surface area contributed by atoms with Crippen LogP contribution in [0.25, 0.3) is 10.8 Å². The van der Waals surface area contributed by atoms with Gasteiger partial charge in [0.15, 0.2) is 0 Å². The Labute approximate surface area is 172 Å². The van der Waals surface area contributed by atoms with Crippen molar-refractivity contribution in [1.29, 1.82) is 0 Å². The molecule has 0 atom stereocenters. The van der Waals surface area contributed by atoms with Gasteiger partial charge >= 0.3 is 0 Å². The topological polar surface area (TPSA) is 93.2 Å². The number of carbonyl (C=O) groups excluding carboxylic acids is 2. The van der Waals surface area contributed by atoms with Crippen molar-refractivity contribution in [2.24, 2.45) is 0 Å². The Morgan fingerprint density at radius 1 is 0.867 bits per heavy atom. The molecule has 0 aliphatic heterocycles. The summed E-state index contributed by atoms with van der Waals surface area (Å²) in [6.45, 7) is -0.169. The minimum atomic E-state index is -0.357. The largest absolute Gasteiger partial charge is 0.457 e. The van der Waals surface area contributed by atoms with Crippen LogP contribution in [0.1, 0.15) is 10.4 Å². The molecular formula is C23H18N4O3. The second kappa shape index (κ2) is 8.83. The maximum atomic E-state index is 12.5. The van der Waals surface area contributed by atoms with Gasteiger partial charge in [-0.05, 0) is 29.7 Å². The molecule has 4 rings (SSSR count). The number of hydrogen-bond donors (Lipinski definition) is 2. The first-order valence-electron chi connectivity index (χ1n) is 9.28. The Morgan fingerprint density at radius 3 is 2.57 bits per heavy atom. The van der Waals surface area contributed by atoms with Crippen molar-refractivity contribution < 1.29 is 14.3 Å². The van der Waals surface area contributed by atoms with Crippen LogP contribution in [0.5, 0.6) is 11.5 Å². The minimum Gasteiger partial charge on any atom is -0.457 e. The maximum Gasteiger partial charge on any atom is 0.253 e. The molecule has 148 valence electrons. The molecule has 2 heterocycles. The molecule has 0 saturated heterocycles. The van der Waals surface area contributed by atoms with E-state index in [1.165, 1.54) is 6.20 Å². The van der Waals surface area contributed by atoms with Crippen molar-refractivity contribution in [2.45, 2.75) is 0 Å². The molecule has 2 aromatic carbocycles. The third-order valence-electron chi connectivity index (χ3n) is 4.33. The summed E-state index contributed by atoms with van der Waals surface area (Å²) >= 11 is 0. The maximum absolute atomic E-state index is 12.5. The van der Waals surface area contributed by atoms with Crippen LogP contribution in [0.2, 0.25) is 0 Å². The van der Waals surface area contributed by atoms with Crippen molar-refractivity contribution in [2.75, 3.05) is 11.9 Å². The molecular weight excluding hydrogens is 380 g/mol. The van der Waals surface area contributed by atoms with Crippen molar-refractivity contribution in [3.63, 3.8) is 0 Å². The number of hydrogen-bond acceptors (Lipinski definition) is 5. The highest BCUT2D eigenvalue weighted by Gasteiger charge is 2.12. The van der Waals surface area contributed by atoms with E-state index in [-0.39, 0.29) is 18.4 Å². The van der Waals surface area contributed by atoms with Crippen LogP contribution >= 0.6 is 0 Å². The van der Waals surface area contributed by atoms with Crippen LogP contribution in [0, 0.1) is 0 Å². The van der Waals surface area contributed by atoms with Gasteiger partial charge in [-0.3, -0.25) is 19.6 Å². The number of ether oxygens (including phenoxy) is 1. The zero-order chi connectivity index (χ0) is 20.8. The Hall–Kier alpha value is -4.26. The lowest BCUT2D eigenvalue weighted by Gasteiger charge is -2.10. The number of carbonyl (C=O) groups is 2. The standard InChI is InChI=1S/C23H18N4O3/c28-22(15-26-23(29)21-14-25-13-16-4-1-2-7-20(16)21)27-17-5-3-6-19(12-17)30-18-8-10-24-11-9-18/h1-14H,15H2,(H,26,29)(H,27,28). The summed E-state index contributed by atoms with van der Waals surface area (Å²) in [5.41, 5.74) is 0.987. The molecule has 7 nitrogen and oxygen atoms in total. The molecule has 0 saturated carbocycles. The summed E-state index contributed by atoms with van der Waals surface area (Å²) in [7, 11) is 0. The van der Waals surface area contributed by atoms with E-state index in [1.807, 2.05) is 24.3 Å². The van der Waals surface area contributed by atoms with Gasteiger partial charge < -0.3 is 15.4 Å². The zero-order valence-electron chi connectivity index (χ0n) is 15.9. The van der Waals surface area contributed by atoms with E-state index in [9.17, 15) is 9.59 Å². The first-order valence-corrected chi connectivity index (χ1v) is 9.28. The highest BCUT2D eigenvalue weighted by molar-refractivity contribution is 6.07. The predicted octanol–water partition coefficient (Wildman–Crippen LogP) is 3.79. The van der Waals surface area contributed by atoms with Gasteiger partial charge in [0.2, 0.25) is 5.91 Å². The van der Waals surface area contributed by atoms with Gasteiger partial charge in [0, 0.05) is 41.9 Å². The molecule has 0 bridgehead atoms. The second-order valence-electron chi connectivity index (χ2n) is 6.45. The van der Waals surface area contributed by atoms with E-state index in [2.05, 4.69) is 20.6 Å². The molecule has 0 spiro atoms. The lowest BCUT2D eigenvalue weighted by molar-refractivity contribution is -0.115. The predicted molar refractivity (Wildman–Crippen MR) is 113 cm³/mol. The number of benzene rings is 2. The van der Waals surface area contributed by atoms with E-state index < -0.39 is 0 Å². The third-order valence-corrected chi connectivity index (χ3v) is 4.33. The lowest BCUT2D eigenvalue weighted by atomic mass is 10.1. The van der Waals surface area contributed by atoms with Crippen molar-refractivity contribution in [1.82, 2.24) is 15.3 Å². The summed E-state index contributed by atoms with van der Waals surface area (Å²) in [5.74, 6) is 0.510. The number of nitrogens with one attached hydrogen (secondary N) is 2. The number of nitrogens with zero attached hydrogens (tertiary/aromatic N) is 2. The Kier molecular flexibility index (Phi) is 5.61. The summed E-state index contributed by atoms with van der Waals surface area (Å²) in [4.78, 5) is 32.8. The second-order valence-corrected chi connectivity index (χ2v) is 6.45. The minimum absolute atomic E-state index is 0.169. The van der Waals surface area contributed by atoms with Crippen LogP contribution < -0.4 is 15.4 Å². The first-order chi connectivity index (χ1) is 14.7. The fourth-order valence-electron chi connectivity index (χ4n) is 2.94. The summed E-state index contributed by atoms with van der Waals surface area (Å²) < 4.78 is 5.73. The number of rotatable bonds is 6. The van der Waals surface area contributed by atoms with E-state index in [0.717, 1.165) is 10.8 Å². The van der Waals surface area contributed by atoms with Crippen LogP contribution in [0.4, 0.5) is 5.69 Å². The monoisotopic (exact) mass is 398 g/mol. The molecule has 30 heavy (non-hydrogen) atoms. The van der Waals surface area contributed by atoms with Crippen LogP contribution in [-0.2, 0) is 4.79 Å².